The Morgan fingerprint density at radius 2 is 2.29 bits per heavy atom. The average Bonchev–Trinajstić information content (AvgIpc) is 3.07. The molecule has 2 N–H and O–H groups in total. The van der Waals surface area contributed by atoms with Crippen LogP contribution in [0.25, 0.3) is 0 Å². The zero-order chi connectivity index (χ0) is 16.1. The number of nitrogens with zero attached hydrogens (tertiary/aromatic N) is 4. The largest absolute Gasteiger partial charge is 0.381 e. The Labute approximate surface area is 164 Å². The number of aliphatic imine (C=N–C) groups is 1. The summed E-state index contributed by atoms with van der Waals surface area (Å²) in [6.45, 7) is 3.47. The molecule has 1 aromatic heterocycles. The molecule has 1 aromatic rings. The van der Waals surface area contributed by atoms with E-state index in [1.54, 1.807) is 6.33 Å². The molecule has 3 heterocycles. The van der Waals surface area contributed by atoms with Crippen molar-refractivity contribution in [2.75, 3.05) is 33.1 Å². The van der Waals surface area contributed by atoms with Gasteiger partial charge in [-0.1, -0.05) is 0 Å². The Kier molecular flexibility index (Phi) is 7.60. The second kappa shape index (κ2) is 9.23. The molecule has 0 amide bonds. The van der Waals surface area contributed by atoms with Crippen LogP contribution in [0.2, 0.25) is 0 Å². The Bertz CT molecular complexity index is 546. The predicted molar refractivity (Wildman–Crippen MR) is 108 cm³/mol. The van der Waals surface area contributed by atoms with Gasteiger partial charge in [0.15, 0.2) is 5.96 Å². The Balaban J connectivity index is 0.00000208. The highest BCUT2D eigenvalue weighted by Gasteiger charge is 2.32. The van der Waals surface area contributed by atoms with E-state index in [4.69, 9.17) is 4.74 Å². The SMILES string of the molecule is CN=C(NCC1(SC)CCOCC1)NC1CCc2ncnn2C1.I. The van der Waals surface area contributed by atoms with Crippen molar-refractivity contribution in [1.29, 1.82) is 0 Å². The van der Waals surface area contributed by atoms with Gasteiger partial charge in [0, 0.05) is 44.0 Å². The van der Waals surface area contributed by atoms with E-state index in [1.165, 1.54) is 0 Å². The van der Waals surface area contributed by atoms with E-state index in [2.05, 4.69) is 32.0 Å². The number of nitrogens with one attached hydrogen (secondary N) is 2. The Morgan fingerprint density at radius 3 is 3.00 bits per heavy atom. The van der Waals surface area contributed by atoms with E-state index in [-0.39, 0.29) is 28.7 Å². The van der Waals surface area contributed by atoms with E-state index in [0.717, 1.165) is 63.8 Å². The normalized spacial score (nSPS) is 23.1. The lowest BCUT2D eigenvalue weighted by Gasteiger charge is -2.36. The molecule has 0 aliphatic carbocycles. The van der Waals surface area contributed by atoms with Crippen LogP contribution < -0.4 is 10.6 Å². The van der Waals surface area contributed by atoms with Crippen molar-refractivity contribution in [2.45, 2.75) is 43.0 Å². The minimum atomic E-state index is 0. The fourth-order valence-electron chi connectivity index (χ4n) is 3.18. The number of rotatable bonds is 4. The third-order valence-electron chi connectivity index (χ3n) is 4.78. The summed E-state index contributed by atoms with van der Waals surface area (Å²) in [5.74, 6) is 1.95. The first kappa shape index (κ1) is 19.8. The molecular weight excluding hydrogens is 439 g/mol. The molecule has 7 nitrogen and oxygen atoms in total. The van der Waals surface area contributed by atoms with Crippen molar-refractivity contribution >= 4 is 41.7 Å². The summed E-state index contributed by atoms with van der Waals surface area (Å²) in [5.41, 5.74) is 0. The van der Waals surface area contributed by atoms with Crippen molar-refractivity contribution < 1.29 is 4.74 Å². The quantitative estimate of drug-likeness (QED) is 0.396. The van der Waals surface area contributed by atoms with E-state index >= 15 is 0 Å². The lowest BCUT2D eigenvalue weighted by molar-refractivity contribution is 0.0782. The highest BCUT2D eigenvalue weighted by Crippen LogP contribution is 2.32. The first-order valence-electron chi connectivity index (χ1n) is 8.21. The number of hydrogen-bond acceptors (Lipinski definition) is 5. The first-order valence-corrected chi connectivity index (χ1v) is 9.44. The third kappa shape index (κ3) is 4.75. The Morgan fingerprint density at radius 1 is 1.50 bits per heavy atom. The van der Waals surface area contributed by atoms with E-state index in [9.17, 15) is 0 Å². The van der Waals surface area contributed by atoms with Gasteiger partial charge < -0.3 is 15.4 Å². The van der Waals surface area contributed by atoms with Crippen LogP contribution >= 0.6 is 35.7 Å². The monoisotopic (exact) mass is 466 g/mol. The molecule has 136 valence electrons. The van der Waals surface area contributed by atoms with Crippen molar-refractivity contribution in [2.24, 2.45) is 4.99 Å². The summed E-state index contributed by atoms with van der Waals surface area (Å²) >= 11 is 1.94. The van der Waals surface area contributed by atoms with Gasteiger partial charge in [-0.3, -0.25) is 4.99 Å². The molecule has 9 heteroatoms. The summed E-state index contributed by atoms with van der Waals surface area (Å²) in [6, 6.07) is 0.343. The number of hydrogen-bond donors (Lipinski definition) is 2. The molecule has 24 heavy (non-hydrogen) atoms. The standard InChI is InChI=1S/C15H26N6OS.HI/c1-16-14(17-10-15(23-2)5-7-22-8-6-15)20-12-3-4-13-18-11-19-21(13)9-12;/h11-12H,3-10H2,1-2H3,(H2,16,17,20);1H. The molecule has 2 aliphatic rings. The highest BCUT2D eigenvalue weighted by atomic mass is 127. The number of guanidine groups is 1. The second-order valence-electron chi connectivity index (χ2n) is 6.16. The van der Waals surface area contributed by atoms with Gasteiger partial charge >= 0.3 is 0 Å². The molecule has 0 radical (unpaired) electrons. The predicted octanol–water partition coefficient (Wildman–Crippen LogP) is 1.29. The maximum absolute atomic E-state index is 5.50. The number of halogens is 1. The fourth-order valence-corrected chi connectivity index (χ4v) is 3.98. The van der Waals surface area contributed by atoms with Crippen LogP contribution in [0.5, 0.6) is 0 Å². The van der Waals surface area contributed by atoms with Crippen LogP contribution in [0.3, 0.4) is 0 Å². The average molecular weight is 466 g/mol. The fraction of sp³-hybridized carbons (Fsp3) is 0.800. The maximum Gasteiger partial charge on any atom is 0.191 e. The molecule has 2 aliphatic heterocycles. The van der Waals surface area contributed by atoms with Gasteiger partial charge in [-0.2, -0.15) is 16.9 Å². The van der Waals surface area contributed by atoms with Gasteiger partial charge in [0.1, 0.15) is 12.2 Å². The summed E-state index contributed by atoms with van der Waals surface area (Å²) in [6.07, 6.45) is 8.02. The summed E-state index contributed by atoms with van der Waals surface area (Å²) in [7, 11) is 1.83. The number of ether oxygens (including phenoxy) is 1. The van der Waals surface area contributed by atoms with E-state index in [0.29, 0.717) is 6.04 Å². The molecule has 1 fully saturated rings. The zero-order valence-corrected chi connectivity index (χ0v) is 17.5. The molecule has 1 atom stereocenters. The van der Waals surface area contributed by atoms with Crippen LogP contribution in [0.4, 0.5) is 0 Å². The van der Waals surface area contributed by atoms with E-state index in [1.807, 2.05) is 23.5 Å². The van der Waals surface area contributed by atoms with Gasteiger partial charge in [-0.15, -0.1) is 24.0 Å². The number of thioether (sulfide) groups is 1. The summed E-state index contributed by atoms with van der Waals surface area (Å²) in [4.78, 5) is 8.66. The van der Waals surface area contributed by atoms with Crippen LogP contribution in [-0.4, -0.2) is 64.6 Å². The molecule has 0 aromatic carbocycles. The highest BCUT2D eigenvalue weighted by molar-refractivity contribution is 14.0. The Hall–Kier alpha value is -0.550. The first-order chi connectivity index (χ1) is 11.2. The number of aromatic nitrogens is 3. The minimum Gasteiger partial charge on any atom is -0.381 e. The summed E-state index contributed by atoms with van der Waals surface area (Å²) < 4.78 is 7.74. The van der Waals surface area contributed by atoms with Crippen molar-refractivity contribution in [1.82, 2.24) is 25.4 Å². The molecule has 3 rings (SSSR count). The maximum atomic E-state index is 5.50. The minimum absolute atomic E-state index is 0. The second-order valence-corrected chi connectivity index (χ2v) is 7.44. The van der Waals surface area contributed by atoms with Crippen molar-refractivity contribution in [3.05, 3.63) is 12.2 Å². The van der Waals surface area contributed by atoms with Gasteiger partial charge in [-0.25, -0.2) is 9.67 Å². The lowest BCUT2D eigenvalue weighted by Crippen LogP contribution is -2.51. The van der Waals surface area contributed by atoms with Crippen molar-refractivity contribution in [3.8, 4) is 0 Å². The van der Waals surface area contributed by atoms with Crippen LogP contribution in [0.15, 0.2) is 11.3 Å². The van der Waals surface area contributed by atoms with Crippen LogP contribution in [0.1, 0.15) is 25.1 Å². The smallest absolute Gasteiger partial charge is 0.191 e. The van der Waals surface area contributed by atoms with Crippen LogP contribution in [-0.2, 0) is 17.7 Å². The summed E-state index contributed by atoms with van der Waals surface area (Å²) in [5, 5.41) is 11.3. The van der Waals surface area contributed by atoms with Gasteiger partial charge in [0.25, 0.3) is 0 Å². The van der Waals surface area contributed by atoms with Crippen molar-refractivity contribution in [3.63, 3.8) is 0 Å². The topological polar surface area (TPSA) is 76.4 Å². The number of fused-ring (bicyclic) bond motifs is 1. The van der Waals surface area contributed by atoms with Gasteiger partial charge in [-0.05, 0) is 25.5 Å². The van der Waals surface area contributed by atoms with Gasteiger partial charge in [0.05, 0.1) is 6.54 Å². The van der Waals surface area contributed by atoms with E-state index < -0.39 is 0 Å². The molecule has 0 saturated carbocycles. The zero-order valence-electron chi connectivity index (χ0n) is 14.3. The van der Waals surface area contributed by atoms with Gasteiger partial charge in [0.2, 0.25) is 0 Å². The van der Waals surface area contributed by atoms with Crippen LogP contribution in [0, 0.1) is 0 Å². The molecular formula is C15H27IN6OS. The third-order valence-corrected chi connectivity index (χ3v) is 6.20. The number of aryl methyl sites for hydroxylation is 1. The molecule has 1 saturated heterocycles. The molecule has 0 bridgehead atoms. The molecule has 1 unspecified atom stereocenters. The lowest BCUT2D eigenvalue weighted by atomic mass is 9.99. The molecule has 0 spiro atoms.